The van der Waals surface area contributed by atoms with Crippen LogP contribution in [0.3, 0.4) is 0 Å². The van der Waals surface area contributed by atoms with Crippen molar-refractivity contribution < 1.29 is 36.2 Å². The minimum absolute atomic E-state index is 0.00185. The van der Waals surface area contributed by atoms with Gasteiger partial charge in [-0.15, -0.1) is 0 Å². The highest BCUT2D eigenvalue weighted by molar-refractivity contribution is 6.00. The molecule has 0 spiro atoms. The minimum atomic E-state index is -4.84. The molecule has 202 valence electrons. The number of benzene rings is 2. The van der Waals surface area contributed by atoms with Crippen LogP contribution in [-0.4, -0.2) is 51.4 Å². The molecule has 1 fully saturated rings. The minimum Gasteiger partial charge on any atom is -0.494 e. The number of carbonyl (C=O) groups excluding carboxylic acids is 1. The first-order chi connectivity index (χ1) is 18.1. The average Bonchev–Trinajstić information content (AvgIpc) is 2.90. The van der Waals surface area contributed by atoms with Gasteiger partial charge in [-0.2, -0.15) is 13.2 Å². The molecule has 1 amide bonds. The van der Waals surface area contributed by atoms with E-state index in [9.17, 15) is 26.7 Å². The molecular weight excluding hydrogens is 513 g/mol. The van der Waals surface area contributed by atoms with Crippen molar-refractivity contribution >= 4 is 34.5 Å². The molecule has 4 rings (SSSR count). The first-order valence-electron chi connectivity index (χ1n) is 11.4. The number of rotatable bonds is 7. The van der Waals surface area contributed by atoms with Gasteiger partial charge in [0.15, 0.2) is 11.6 Å². The molecule has 13 heteroatoms. The summed E-state index contributed by atoms with van der Waals surface area (Å²) in [6, 6.07) is 7.58. The second-order valence-electron chi connectivity index (χ2n) is 8.24. The standard InChI is InChI=1S/C25H24F5N5O3/c1-31-24(36)15-10-17(26)18(27)11-20(15)33-21-12-23(32-13-16(21)25(28,29)30)34-19-4-3-14(9-22(19)37-2)35-5-7-38-8-6-35/h3-4,9-13H,5-8H2,1-2H3,(H,31,36)(H2,32,33,34). The van der Waals surface area contributed by atoms with Gasteiger partial charge < -0.3 is 30.3 Å². The highest BCUT2D eigenvalue weighted by Crippen LogP contribution is 2.39. The van der Waals surface area contributed by atoms with E-state index < -0.39 is 35.0 Å². The van der Waals surface area contributed by atoms with Crippen molar-refractivity contribution in [1.29, 1.82) is 0 Å². The summed E-state index contributed by atoms with van der Waals surface area (Å²) in [6.07, 6.45) is -4.24. The number of halogens is 5. The third-order valence-electron chi connectivity index (χ3n) is 5.83. The fourth-order valence-corrected chi connectivity index (χ4v) is 3.91. The van der Waals surface area contributed by atoms with Gasteiger partial charge in [0.25, 0.3) is 5.91 Å². The summed E-state index contributed by atoms with van der Waals surface area (Å²) >= 11 is 0. The Kier molecular flexibility index (Phi) is 7.86. The van der Waals surface area contributed by atoms with Crippen LogP contribution in [0.2, 0.25) is 0 Å². The van der Waals surface area contributed by atoms with Crippen LogP contribution in [0.5, 0.6) is 5.75 Å². The molecule has 2 aromatic carbocycles. The fraction of sp³-hybridized carbons (Fsp3) is 0.280. The third kappa shape index (κ3) is 5.88. The van der Waals surface area contributed by atoms with Crippen LogP contribution < -0.4 is 25.6 Å². The van der Waals surface area contributed by atoms with E-state index in [1.54, 1.807) is 12.1 Å². The monoisotopic (exact) mass is 537 g/mol. The SMILES string of the molecule is CNC(=O)c1cc(F)c(F)cc1Nc1cc(Nc2ccc(N3CCOCC3)cc2OC)ncc1C(F)(F)F. The van der Waals surface area contributed by atoms with Gasteiger partial charge in [0, 0.05) is 50.2 Å². The van der Waals surface area contributed by atoms with Crippen LogP contribution in [0, 0.1) is 11.6 Å². The lowest BCUT2D eigenvalue weighted by atomic mass is 10.1. The number of amides is 1. The zero-order valence-corrected chi connectivity index (χ0v) is 20.4. The quantitative estimate of drug-likeness (QED) is 0.363. The maximum absolute atomic E-state index is 14.0. The predicted molar refractivity (Wildman–Crippen MR) is 132 cm³/mol. The number of methoxy groups -OCH3 is 1. The fourth-order valence-electron chi connectivity index (χ4n) is 3.91. The molecule has 1 aliphatic rings. The largest absolute Gasteiger partial charge is 0.494 e. The summed E-state index contributed by atoms with van der Waals surface area (Å²) in [5.41, 5.74) is -1.13. The van der Waals surface area contributed by atoms with Crippen LogP contribution in [0.1, 0.15) is 15.9 Å². The molecule has 2 heterocycles. The number of morpholine rings is 1. The van der Waals surface area contributed by atoms with Crippen molar-refractivity contribution in [3.05, 3.63) is 65.4 Å². The van der Waals surface area contributed by atoms with Gasteiger partial charge in [0.2, 0.25) is 0 Å². The number of nitrogens with zero attached hydrogens (tertiary/aromatic N) is 2. The van der Waals surface area contributed by atoms with E-state index in [1.807, 2.05) is 6.07 Å². The van der Waals surface area contributed by atoms with Gasteiger partial charge in [-0.05, 0) is 18.2 Å². The Balaban J connectivity index is 1.69. The van der Waals surface area contributed by atoms with E-state index in [4.69, 9.17) is 9.47 Å². The lowest BCUT2D eigenvalue weighted by Gasteiger charge is -2.29. The van der Waals surface area contributed by atoms with Crippen molar-refractivity contribution in [3.63, 3.8) is 0 Å². The molecular formula is C25H24F5N5O3. The van der Waals surface area contributed by atoms with E-state index in [1.165, 1.54) is 14.2 Å². The first kappa shape index (κ1) is 26.9. The Bertz CT molecular complexity index is 1330. The van der Waals surface area contributed by atoms with E-state index in [2.05, 4.69) is 25.8 Å². The summed E-state index contributed by atoms with van der Waals surface area (Å²) in [4.78, 5) is 18.2. The molecule has 1 saturated heterocycles. The molecule has 3 N–H and O–H groups in total. The van der Waals surface area contributed by atoms with Crippen molar-refractivity contribution in [2.24, 2.45) is 0 Å². The van der Waals surface area contributed by atoms with Crippen LogP contribution in [-0.2, 0) is 10.9 Å². The van der Waals surface area contributed by atoms with Gasteiger partial charge in [0.1, 0.15) is 11.6 Å². The number of alkyl halides is 3. The maximum Gasteiger partial charge on any atom is 0.419 e. The molecule has 8 nitrogen and oxygen atoms in total. The Morgan fingerprint density at radius 3 is 2.37 bits per heavy atom. The molecule has 0 radical (unpaired) electrons. The van der Waals surface area contributed by atoms with E-state index >= 15 is 0 Å². The molecule has 1 aliphatic heterocycles. The van der Waals surface area contributed by atoms with Crippen LogP contribution in [0.25, 0.3) is 0 Å². The zero-order chi connectivity index (χ0) is 27.4. The van der Waals surface area contributed by atoms with Crippen molar-refractivity contribution in [1.82, 2.24) is 10.3 Å². The van der Waals surface area contributed by atoms with Crippen molar-refractivity contribution in [2.45, 2.75) is 6.18 Å². The lowest BCUT2D eigenvalue weighted by Crippen LogP contribution is -2.36. The molecule has 1 aromatic heterocycles. The highest BCUT2D eigenvalue weighted by Gasteiger charge is 2.35. The predicted octanol–water partition coefficient (Wildman–Crippen LogP) is 5.07. The Hall–Kier alpha value is -4.13. The highest BCUT2D eigenvalue weighted by atomic mass is 19.4. The van der Waals surface area contributed by atoms with Gasteiger partial charge in [-0.3, -0.25) is 4.79 Å². The van der Waals surface area contributed by atoms with Crippen LogP contribution >= 0.6 is 0 Å². The number of pyridine rings is 1. The van der Waals surface area contributed by atoms with E-state index in [0.717, 1.165) is 11.8 Å². The Morgan fingerprint density at radius 1 is 1.00 bits per heavy atom. The topological polar surface area (TPSA) is 87.8 Å². The molecule has 0 saturated carbocycles. The van der Waals surface area contributed by atoms with Gasteiger partial charge in [-0.1, -0.05) is 0 Å². The number of carbonyl (C=O) groups is 1. The summed E-state index contributed by atoms with van der Waals surface area (Å²) in [5, 5.41) is 7.59. The number of hydrogen-bond donors (Lipinski definition) is 3. The normalized spacial score (nSPS) is 13.7. The maximum atomic E-state index is 14.0. The molecule has 0 bridgehead atoms. The smallest absolute Gasteiger partial charge is 0.419 e. The number of hydrogen-bond acceptors (Lipinski definition) is 7. The Labute approximate surface area is 214 Å². The van der Waals surface area contributed by atoms with E-state index in [0.29, 0.717) is 56.1 Å². The van der Waals surface area contributed by atoms with Gasteiger partial charge in [0.05, 0.1) is 48.5 Å². The molecule has 0 unspecified atom stereocenters. The number of aromatic nitrogens is 1. The number of nitrogens with one attached hydrogen (secondary N) is 3. The van der Waals surface area contributed by atoms with Crippen LogP contribution in [0.4, 0.5) is 50.5 Å². The summed E-state index contributed by atoms with van der Waals surface area (Å²) in [6.45, 7) is 2.58. The summed E-state index contributed by atoms with van der Waals surface area (Å²) in [7, 11) is 2.71. The van der Waals surface area contributed by atoms with Crippen LogP contribution in [0.15, 0.2) is 42.6 Å². The molecule has 3 aromatic rings. The van der Waals surface area contributed by atoms with E-state index in [-0.39, 0.29) is 17.1 Å². The number of ether oxygens (including phenoxy) is 2. The average molecular weight is 537 g/mol. The number of anilines is 5. The first-order valence-corrected chi connectivity index (χ1v) is 11.4. The van der Waals surface area contributed by atoms with Gasteiger partial charge in [-0.25, -0.2) is 13.8 Å². The third-order valence-corrected chi connectivity index (χ3v) is 5.83. The molecule has 0 aliphatic carbocycles. The summed E-state index contributed by atoms with van der Waals surface area (Å²) in [5.74, 6) is -3.06. The second-order valence-corrected chi connectivity index (χ2v) is 8.24. The lowest BCUT2D eigenvalue weighted by molar-refractivity contribution is -0.137. The second kappa shape index (κ2) is 11.1. The molecule has 38 heavy (non-hydrogen) atoms. The van der Waals surface area contributed by atoms with Crippen molar-refractivity contribution in [3.8, 4) is 5.75 Å². The summed E-state index contributed by atoms with van der Waals surface area (Å²) < 4.78 is 79.9. The zero-order valence-electron chi connectivity index (χ0n) is 20.4. The molecule has 0 atom stereocenters. The Morgan fingerprint density at radius 2 is 1.71 bits per heavy atom. The van der Waals surface area contributed by atoms with Gasteiger partial charge >= 0.3 is 6.18 Å². The van der Waals surface area contributed by atoms with Crippen molar-refractivity contribution in [2.75, 3.05) is 56.0 Å².